The molecule has 0 aliphatic carbocycles. The molecule has 0 bridgehead atoms. The van der Waals surface area contributed by atoms with Crippen LogP contribution in [0.4, 0.5) is 10.1 Å². The predicted molar refractivity (Wildman–Crippen MR) is 108 cm³/mol. The fourth-order valence-corrected chi connectivity index (χ4v) is 3.50. The number of amides is 2. The van der Waals surface area contributed by atoms with Gasteiger partial charge < -0.3 is 10.2 Å². The highest BCUT2D eigenvalue weighted by Gasteiger charge is 2.24. The van der Waals surface area contributed by atoms with Gasteiger partial charge in [0.15, 0.2) is 0 Å². The molecule has 0 unspecified atom stereocenters. The van der Waals surface area contributed by atoms with E-state index in [-0.39, 0.29) is 24.0 Å². The first-order chi connectivity index (χ1) is 14.1. The molecule has 2 aromatic carbocycles. The molecule has 6 heteroatoms. The summed E-state index contributed by atoms with van der Waals surface area (Å²) in [6, 6.07) is 17.2. The summed E-state index contributed by atoms with van der Waals surface area (Å²) < 4.78 is 13.7. The number of para-hydroxylation sites is 1. The summed E-state index contributed by atoms with van der Waals surface area (Å²) in [5.41, 5.74) is 2.96. The molecular weight excluding hydrogens is 369 g/mol. The number of nitrogens with one attached hydrogen (secondary N) is 1. The molecule has 0 spiro atoms. The summed E-state index contributed by atoms with van der Waals surface area (Å²) in [4.78, 5) is 31.4. The number of aromatic nitrogens is 1. The van der Waals surface area contributed by atoms with Gasteiger partial charge in [0.25, 0.3) is 11.8 Å². The monoisotopic (exact) mass is 389 g/mol. The van der Waals surface area contributed by atoms with Gasteiger partial charge in [0, 0.05) is 36.1 Å². The number of hydrogen-bond donors (Lipinski definition) is 1. The lowest BCUT2D eigenvalue weighted by molar-refractivity contribution is 0.0945. The number of hydrogen-bond acceptors (Lipinski definition) is 3. The van der Waals surface area contributed by atoms with E-state index in [1.165, 1.54) is 18.3 Å². The highest BCUT2D eigenvalue weighted by atomic mass is 19.1. The molecule has 4 rings (SSSR count). The second-order valence-corrected chi connectivity index (χ2v) is 6.89. The van der Waals surface area contributed by atoms with Crippen molar-refractivity contribution in [2.45, 2.75) is 19.4 Å². The van der Waals surface area contributed by atoms with Gasteiger partial charge in [-0.05, 0) is 42.7 Å². The number of halogens is 1. The van der Waals surface area contributed by atoms with Gasteiger partial charge in [-0.1, -0.05) is 36.4 Å². The van der Waals surface area contributed by atoms with Crippen LogP contribution in [-0.4, -0.2) is 23.3 Å². The number of rotatable bonds is 4. The lowest BCUT2D eigenvalue weighted by Crippen LogP contribution is -2.35. The van der Waals surface area contributed by atoms with Crippen molar-refractivity contribution in [3.05, 3.63) is 95.1 Å². The van der Waals surface area contributed by atoms with Gasteiger partial charge in [0.05, 0.1) is 0 Å². The number of pyridine rings is 1. The number of benzene rings is 2. The Bertz CT molecular complexity index is 1070. The average molecular weight is 389 g/mol. The first-order valence-electron chi connectivity index (χ1n) is 9.51. The van der Waals surface area contributed by atoms with Gasteiger partial charge in [0.2, 0.25) is 0 Å². The highest BCUT2D eigenvalue weighted by Crippen LogP contribution is 2.28. The third kappa shape index (κ3) is 4.01. The van der Waals surface area contributed by atoms with E-state index in [2.05, 4.69) is 10.3 Å². The molecule has 1 aliphatic heterocycles. The maximum atomic E-state index is 13.7. The second kappa shape index (κ2) is 8.22. The summed E-state index contributed by atoms with van der Waals surface area (Å²) >= 11 is 0. The number of nitrogens with zero attached hydrogens (tertiary/aromatic N) is 2. The van der Waals surface area contributed by atoms with Crippen molar-refractivity contribution in [1.29, 1.82) is 0 Å². The summed E-state index contributed by atoms with van der Waals surface area (Å²) in [5.74, 6) is -1.00. The van der Waals surface area contributed by atoms with Crippen LogP contribution in [0.5, 0.6) is 0 Å². The summed E-state index contributed by atoms with van der Waals surface area (Å²) in [7, 11) is 0. The Hall–Kier alpha value is -3.54. The van der Waals surface area contributed by atoms with E-state index < -0.39 is 5.91 Å². The highest BCUT2D eigenvalue weighted by molar-refractivity contribution is 6.07. The van der Waals surface area contributed by atoms with Crippen LogP contribution in [0.1, 0.15) is 38.4 Å². The first kappa shape index (κ1) is 18.8. The van der Waals surface area contributed by atoms with Crippen LogP contribution in [0.3, 0.4) is 0 Å². The molecule has 0 saturated heterocycles. The predicted octanol–water partition coefficient (Wildman–Crippen LogP) is 3.74. The number of fused-ring (bicyclic) bond motifs is 1. The van der Waals surface area contributed by atoms with E-state index in [4.69, 9.17) is 0 Å². The molecule has 0 fully saturated rings. The Morgan fingerprint density at radius 2 is 1.86 bits per heavy atom. The Labute approximate surface area is 168 Å². The van der Waals surface area contributed by atoms with Crippen molar-refractivity contribution in [2.75, 3.05) is 11.4 Å². The van der Waals surface area contributed by atoms with Gasteiger partial charge in [-0.3, -0.25) is 14.6 Å². The Balaban J connectivity index is 1.51. The van der Waals surface area contributed by atoms with E-state index in [1.807, 2.05) is 24.3 Å². The number of carbonyl (C=O) groups is 2. The number of anilines is 1. The summed E-state index contributed by atoms with van der Waals surface area (Å²) in [6.07, 6.45) is 3.28. The molecule has 5 nitrogen and oxygen atoms in total. The lowest BCUT2D eigenvalue weighted by Gasteiger charge is -2.29. The summed E-state index contributed by atoms with van der Waals surface area (Å²) in [6.45, 7) is 0.678. The smallest absolute Gasteiger partial charge is 0.270 e. The topological polar surface area (TPSA) is 62.3 Å². The standard InChI is InChI=1S/C23H20FN3O2/c24-19-9-3-1-7-18(19)15-26-22(28)20-14-17(11-12-25-20)23(29)27-13-5-8-16-6-2-4-10-21(16)27/h1-4,6-7,9-12,14H,5,8,13,15H2,(H,26,28). The van der Waals surface area contributed by atoms with Gasteiger partial charge >= 0.3 is 0 Å². The second-order valence-electron chi connectivity index (χ2n) is 6.89. The molecule has 29 heavy (non-hydrogen) atoms. The fraction of sp³-hybridized carbons (Fsp3) is 0.174. The van der Waals surface area contributed by atoms with Gasteiger partial charge in [-0.15, -0.1) is 0 Å². The number of aryl methyl sites for hydroxylation is 1. The number of carbonyl (C=O) groups excluding carboxylic acids is 2. The molecule has 2 heterocycles. The molecule has 0 atom stereocenters. The van der Waals surface area contributed by atoms with Crippen molar-refractivity contribution in [3.8, 4) is 0 Å². The normalized spacial score (nSPS) is 12.9. The fourth-order valence-electron chi connectivity index (χ4n) is 3.50. The van der Waals surface area contributed by atoms with Crippen molar-refractivity contribution >= 4 is 17.5 Å². The van der Waals surface area contributed by atoms with Crippen molar-refractivity contribution in [2.24, 2.45) is 0 Å². The molecule has 3 aromatic rings. The maximum Gasteiger partial charge on any atom is 0.270 e. The largest absolute Gasteiger partial charge is 0.347 e. The third-order valence-corrected chi connectivity index (χ3v) is 4.99. The van der Waals surface area contributed by atoms with E-state index in [0.717, 1.165) is 24.1 Å². The molecule has 0 saturated carbocycles. The zero-order valence-electron chi connectivity index (χ0n) is 15.8. The van der Waals surface area contributed by atoms with Gasteiger partial charge in [0.1, 0.15) is 11.5 Å². The van der Waals surface area contributed by atoms with E-state index in [0.29, 0.717) is 17.7 Å². The Morgan fingerprint density at radius 1 is 1.07 bits per heavy atom. The average Bonchev–Trinajstić information content (AvgIpc) is 2.77. The molecule has 1 N–H and O–H groups in total. The Morgan fingerprint density at radius 3 is 2.72 bits per heavy atom. The zero-order valence-corrected chi connectivity index (χ0v) is 15.8. The van der Waals surface area contributed by atoms with Crippen LogP contribution in [-0.2, 0) is 13.0 Å². The van der Waals surface area contributed by atoms with Crippen LogP contribution in [0.2, 0.25) is 0 Å². The van der Waals surface area contributed by atoms with Crippen molar-refractivity contribution in [3.63, 3.8) is 0 Å². The van der Waals surface area contributed by atoms with Crippen LogP contribution in [0.25, 0.3) is 0 Å². The van der Waals surface area contributed by atoms with E-state index >= 15 is 0 Å². The molecule has 0 radical (unpaired) electrons. The quantitative estimate of drug-likeness (QED) is 0.739. The van der Waals surface area contributed by atoms with Gasteiger partial charge in [-0.2, -0.15) is 0 Å². The van der Waals surface area contributed by atoms with Crippen molar-refractivity contribution in [1.82, 2.24) is 10.3 Å². The van der Waals surface area contributed by atoms with Gasteiger partial charge in [-0.25, -0.2) is 4.39 Å². The molecule has 1 aromatic heterocycles. The molecule has 1 aliphatic rings. The molecular formula is C23H20FN3O2. The molecule has 2 amide bonds. The van der Waals surface area contributed by atoms with E-state index in [1.54, 1.807) is 29.2 Å². The molecule has 146 valence electrons. The van der Waals surface area contributed by atoms with Crippen LogP contribution >= 0.6 is 0 Å². The maximum absolute atomic E-state index is 13.7. The first-order valence-corrected chi connectivity index (χ1v) is 9.51. The Kier molecular flexibility index (Phi) is 5.33. The van der Waals surface area contributed by atoms with Crippen molar-refractivity contribution < 1.29 is 14.0 Å². The minimum Gasteiger partial charge on any atom is -0.347 e. The zero-order chi connectivity index (χ0) is 20.2. The van der Waals surface area contributed by atoms with Crippen LogP contribution < -0.4 is 10.2 Å². The lowest BCUT2D eigenvalue weighted by atomic mass is 10.0. The minimum absolute atomic E-state index is 0.0465. The van der Waals surface area contributed by atoms with Crippen LogP contribution in [0.15, 0.2) is 66.9 Å². The minimum atomic E-state index is -0.457. The van der Waals surface area contributed by atoms with Crippen LogP contribution in [0, 0.1) is 5.82 Å². The third-order valence-electron chi connectivity index (χ3n) is 4.99. The SMILES string of the molecule is O=C(NCc1ccccc1F)c1cc(C(=O)N2CCCc3ccccc32)ccn1. The summed E-state index contributed by atoms with van der Waals surface area (Å²) in [5, 5.41) is 2.65. The van der Waals surface area contributed by atoms with E-state index in [9.17, 15) is 14.0 Å².